The molecular formula is C28H41N5O5. The fourth-order valence-electron chi connectivity index (χ4n) is 5.59. The molecule has 3 heterocycles. The Morgan fingerprint density at radius 1 is 1.13 bits per heavy atom. The van der Waals surface area contributed by atoms with Crippen molar-refractivity contribution in [2.24, 2.45) is 5.92 Å². The second-order valence-electron chi connectivity index (χ2n) is 10.5. The van der Waals surface area contributed by atoms with E-state index >= 15 is 0 Å². The van der Waals surface area contributed by atoms with E-state index in [1.165, 1.54) is 0 Å². The number of ether oxygens (including phenoxy) is 2. The van der Waals surface area contributed by atoms with Gasteiger partial charge in [0.1, 0.15) is 0 Å². The Hall–Kier alpha value is -3.11. The summed E-state index contributed by atoms with van der Waals surface area (Å²) in [6, 6.07) is 7.23. The minimum atomic E-state index is -0.845. The highest BCUT2D eigenvalue weighted by molar-refractivity contribution is 5.79. The van der Waals surface area contributed by atoms with Crippen LogP contribution < -0.4 is 9.47 Å². The summed E-state index contributed by atoms with van der Waals surface area (Å²) < 4.78 is 12.9. The zero-order valence-corrected chi connectivity index (χ0v) is 22.8. The van der Waals surface area contributed by atoms with E-state index < -0.39 is 11.9 Å². The molecule has 2 aliphatic rings. The van der Waals surface area contributed by atoms with E-state index in [9.17, 15) is 14.7 Å². The number of carboxylic acid groups (broad SMARTS) is 1. The number of rotatable bonds is 14. The number of unbranched alkanes of at least 4 members (excludes halogenated alkanes) is 1. The average Bonchev–Trinajstić information content (AvgIpc) is 3.64. The molecule has 0 aliphatic carbocycles. The molecule has 4 rings (SSSR count). The lowest BCUT2D eigenvalue weighted by atomic mass is 9.84. The Morgan fingerprint density at radius 3 is 2.63 bits per heavy atom. The van der Waals surface area contributed by atoms with Gasteiger partial charge in [-0.1, -0.05) is 19.4 Å². The molecule has 0 radical (unpaired) electrons. The van der Waals surface area contributed by atoms with Crippen molar-refractivity contribution in [2.75, 3.05) is 53.6 Å². The van der Waals surface area contributed by atoms with Gasteiger partial charge in [-0.15, -0.1) is 0 Å². The number of carboxylic acids is 1. The van der Waals surface area contributed by atoms with Crippen molar-refractivity contribution in [3.8, 4) is 11.5 Å². The first-order valence-corrected chi connectivity index (χ1v) is 13.6. The van der Waals surface area contributed by atoms with E-state index in [2.05, 4.69) is 21.8 Å². The van der Waals surface area contributed by atoms with Gasteiger partial charge in [-0.2, -0.15) is 5.10 Å². The van der Waals surface area contributed by atoms with Crippen LogP contribution in [0.1, 0.15) is 44.1 Å². The largest absolute Gasteiger partial charge is 0.481 e. The number of hydrogen-bond donors (Lipinski definition) is 1. The number of aliphatic carboxylic acids is 1. The van der Waals surface area contributed by atoms with Crippen LogP contribution in [0.15, 0.2) is 36.7 Å². The number of fused-ring (bicyclic) bond motifs is 1. The van der Waals surface area contributed by atoms with Gasteiger partial charge in [-0.3, -0.25) is 19.2 Å². The number of benzene rings is 1. The van der Waals surface area contributed by atoms with Crippen LogP contribution in [0.25, 0.3) is 0 Å². The lowest BCUT2D eigenvalue weighted by Gasteiger charge is -2.30. The number of amides is 1. The molecule has 1 aromatic carbocycles. The lowest BCUT2D eigenvalue weighted by molar-refractivity contribution is -0.144. The zero-order valence-electron chi connectivity index (χ0n) is 22.8. The zero-order chi connectivity index (χ0) is 27.1. The third-order valence-electron chi connectivity index (χ3n) is 7.58. The van der Waals surface area contributed by atoms with Crippen LogP contribution in [0.2, 0.25) is 0 Å². The predicted molar refractivity (Wildman–Crippen MR) is 143 cm³/mol. The van der Waals surface area contributed by atoms with Crippen LogP contribution >= 0.6 is 0 Å². The topological polar surface area (TPSA) is 100 Å². The molecule has 3 unspecified atom stereocenters. The number of hydrogen-bond acceptors (Lipinski definition) is 7. The third-order valence-corrected chi connectivity index (χ3v) is 7.58. The Bertz CT molecular complexity index is 1060. The van der Waals surface area contributed by atoms with Gasteiger partial charge in [0, 0.05) is 50.5 Å². The minimum absolute atomic E-state index is 0.0665. The monoisotopic (exact) mass is 527 g/mol. The quantitative estimate of drug-likeness (QED) is 0.400. The number of likely N-dealkylation sites (tertiary alicyclic amines) is 1. The summed E-state index contributed by atoms with van der Waals surface area (Å²) in [4.78, 5) is 32.5. The summed E-state index contributed by atoms with van der Waals surface area (Å²) in [6.07, 6.45) is 7.06. The Labute approximate surface area is 225 Å². The summed E-state index contributed by atoms with van der Waals surface area (Å²) in [7, 11) is 4.07. The molecule has 1 aromatic heterocycles. The first-order valence-electron chi connectivity index (χ1n) is 13.6. The minimum Gasteiger partial charge on any atom is -0.481 e. The first-order chi connectivity index (χ1) is 18.4. The normalized spacial score (nSPS) is 20.8. The highest BCUT2D eigenvalue weighted by Crippen LogP contribution is 2.42. The summed E-state index contributed by atoms with van der Waals surface area (Å²) in [5, 5.41) is 14.7. The molecule has 10 heteroatoms. The van der Waals surface area contributed by atoms with Gasteiger partial charge >= 0.3 is 5.97 Å². The van der Waals surface area contributed by atoms with Crippen molar-refractivity contribution in [3.63, 3.8) is 0 Å². The van der Waals surface area contributed by atoms with Crippen LogP contribution in [0, 0.1) is 5.92 Å². The molecule has 2 aliphatic heterocycles. The predicted octanol–water partition coefficient (Wildman–Crippen LogP) is 2.75. The van der Waals surface area contributed by atoms with E-state index in [4.69, 9.17) is 9.47 Å². The van der Waals surface area contributed by atoms with Crippen LogP contribution in [-0.2, 0) is 16.1 Å². The number of carbonyl (C=O) groups excluding carboxylic acids is 1. The summed E-state index contributed by atoms with van der Waals surface area (Å²) >= 11 is 0. The molecule has 1 fully saturated rings. The first kappa shape index (κ1) is 27.9. The van der Waals surface area contributed by atoms with Crippen LogP contribution in [0.4, 0.5) is 0 Å². The maximum Gasteiger partial charge on any atom is 0.308 e. The molecule has 208 valence electrons. The molecule has 3 atom stereocenters. The molecule has 0 saturated carbocycles. The van der Waals surface area contributed by atoms with Crippen molar-refractivity contribution in [1.29, 1.82) is 0 Å². The number of aryl methyl sites for hydroxylation is 1. The summed E-state index contributed by atoms with van der Waals surface area (Å²) in [5.74, 6) is -0.392. The summed E-state index contributed by atoms with van der Waals surface area (Å²) in [5.41, 5.74) is 0.898. The molecule has 1 amide bonds. The Morgan fingerprint density at radius 2 is 1.92 bits per heavy atom. The van der Waals surface area contributed by atoms with E-state index in [0.29, 0.717) is 37.6 Å². The van der Waals surface area contributed by atoms with Gasteiger partial charge in [0.2, 0.25) is 12.7 Å². The van der Waals surface area contributed by atoms with Crippen molar-refractivity contribution >= 4 is 11.9 Å². The highest BCUT2D eigenvalue weighted by atomic mass is 16.7. The van der Waals surface area contributed by atoms with Crippen molar-refractivity contribution in [1.82, 2.24) is 24.5 Å². The number of nitrogens with zero attached hydrogens (tertiary/aromatic N) is 5. The second-order valence-corrected chi connectivity index (χ2v) is 10.5. The Kier molecular flexibility index (Phi) is 9.63. The van der Waals surface area contributed by atoms with E-state index in [0.717, 1.165) is 37.9 Å². The van der Waals surface area contributed by atoms with Gasteiger partial charge in [-0.25, -0.2) is 0 Å². The van der Waals surface area contributed by atoms with E-state index in [-0.39, 0.29) is 31.2 Å². The van der Waals surface area contributed by atoms with Crippen LogP contribution in [-0.4, -0.2) is 101 Å². The van der Waals surface area contributed by atoms with E-state index in [1.54, 1.807) is 6.20 Å². The maximum absolute atomic E-state index is 13.6. The van der Waals surface area contributed by atoms with Crippen LogP contribution in [0.3, 0.4) is 0 Å². The molecule has 1 saturated heterocycles. The smallest absolute Gasteiger partial charge is 0.308 e. The van der Waals surface area contributed by atoms with Gasteiger partial charge in [0.15, 0.2) is 11.5 Å². The van der Waals surface area contributed by atoms with E-state index in [1.807, 2.05) is 54.1 Å². The second kappa shape index (κ2) is 13.1. The standard InChI is InChI=1S/C28H41N5O5/c1-4-5-13-31(14-7-12-30(2)3)26(34)19-32-18-22(21-8-9-24-25(17-21)38-20-37-24)27(28(35)36)23(32)10-16-33-15-6-11-29-33/h6,8-9,11,15,17,22-23,27H,4-5,7,10,12-14,16,18-20H2,1-3H3,(H,35,36). The maximum atomic E-state index is 13.6. The van der Waals surface area contributed by atoms with Gasteiger partial charge in [0.05, 0.1) is 12.5 Å². The Balaban J connectivity index is 1.55. The molecule has 2 aromatic rings. The average molecular weight is 528 g/mol. The molecule has 0 spiro atoms. The van der Waals surface area contributed by atoms with Gasteiger partial charge in [-0.05, 0) is 63.7 Å². The van der Waals surface area contributed by atoms with Crippen molar-refractivity contribution in [2.45, 2.75) is 51.1 Å². The molecule has 38 heavy (non-hydrogen) atoms. The fourth-order valence-corrected chi connectivity index (χ4v) is 5.59. The fraction of sp³-hybridized carbons (Fsp3) is 0.607. The van der Waals surface area contributed by atoms with Gasteiger partial charge in [0.25, 0.3) is 0 Å². The third kappa shape index (κ3) is 6.85. The lowest BCUT2D eigenvalue weighted by Crippen LogP contribution is -2.45. The SMILES string of the molecule is CCCCN(CCCN(C)C)C(=O)CN1CC(c2ccc3c(c2)OCO3)C(C(=O)O)C1CCn1cccn1. The molecule has 1 N–H and O–H groups in total. The van der Waals surface area contributed by atoms with Gasteiger partial charge < -0.3 is 24.4 Å². The summed E-state index contributed by atoms with van der Waals surface area (Å²) in [6.45, 7) is 5.93. The molecule has 0 bridgehead atoms. The molecule has 10 nitrogen and oxygen atoms in total. The molecular weight excluding hydrogens is 486 g/mol. The van der Waals surface area contributed by atoms with Crippen molar-refractivity contribution in [3.05, 3.63) is 42.2 Å². The number of aromatic nitrogens is 2. The van der Waals surface area contributed by atoms with Crippen LogP contribution in [0.5, 0.6) is 11.5 Å². The highest BCUT2D eigenvalue weighted by Gasteiger charge is 2.47. The number of carbonyl (C=O) groups is 2. The van der Waals surface area contributed by atoms with Crippen molar-refractivity contribution < 1.29 is 24.2 Å².